The lowest BCUT2D eigenvalue weighted by Gasteiger charge is -2.26. The quantitative estimate of drug-likeness (QED) is 0.0478. The first kappa shape index (κ1) is 32.0. The molecule has 0 bridgehead atoms. The van der Waals surface area contributed by atoms with Gasteiger partial charge in [-0.3, -0.25) is 0 Å². The van der Waals surface area contributed by atoms with E-state index in [4.69, 9.17) is 9.15 Å². The average Bonchev–Trinajstić information content (AvgIpc) is 2.86. The van der Waals surface area contributed by atoms with Gasteiger partial charge in [0.15, 0.2) is 0 Å². The van der Waals surface area contributed by atoms with Crippen LogP contribution < -0.4 is 10.4 Å². The number of halogens is 6. The Balaban J connectivity index is 1.60. The van der Waals surface area contributed by atoms with E-state index in [2.05, 4.69) is 20.8 Å². The van der Waals surface area contributed by atoms with Crippen LogP contribution in [-0.2, 0) is 19.0 Å². The molecule has 3 aromatic rings. The van der Waals surface area contributed by atoms with Crippen LogP contribution in [0.25, 0.3) is 22.1 Å². The maximum absolute atomic E-state index is 14.0. The van der Waals surface area contributed by atoms with Gasteiger partial charge in [0.05, 0.1) is 25.7 Å². The summed E-state index contributed by atoms with van der Waals surface area (Å²) < 4.78 is 104. The van der Waals surface area contributed by atoms with Crippen LogP contribution in [0.3, 0.4) is 0 Å². The van der Waals surface area contributed by atoms with Crippen LogP contribution in [0, 0.1) is 6.92 Å². The molecule has 0 fully saturated rings. The molecule has 0 aliphatic carbocycles. The normalized spacial score (nSPS) is 12.4. The average molecular weight is 607 g/mol. The van der Waals surface area contributed by atoms with Crippen molar-refractivity contribution < 1.29 is 54.5 Å². The number of alkyl halides is 6. The zero-order valence-electron chi connectivity index (χ0n) is 21.7. The summed E-state index contributed by atoms with van der Waals surface area (Å²) in [5, 5.41) is 0.546. The van der Waals surface area contributed by atoms with Gasteiger partial charge in [0, 0.05) is 28.5 Å². The third-order valence-electron chi connectivity index (χ3n) is 5.43. The molecule has 0 aliphatic heterocycles. The van der Waals surface area contributed by atoms with E-state index in [1.807, 2.05) is 0 Å². The number of hydrogen-bond donors (Lipinski definition) is 0. The van der Waals surface area contributed by atoms with Crippen molar-refractivity contribution in [3.05, 3.63) is 71.1 Å². The number of carbonyl (C=O) groups is 1. The van der Waals surface area contributed by atoms with Crippen LogP contribution in [0.15, 0.2) is 69.2 Å². The molecular formula is C27H24F6O7S. The standard InChI is InChI=1S/C27H24F6O7S/c1-4-23(34)37-11-9-25(28,29)39-27(32,33)40-26(30,31)10-12-41-19-7-5-17-14-21(24(35)38-22(17)15-19)20-8-6-18(36-3)13-16(20)2/h4-8,13-15H,1,9-12H2,2-3H3. The Labute approximate surface area is 234 Å². The molecule has 0 saturated heterocycles. The lowest BCUT2D eigenvalue weighted by Crippen LogP contribution is -2.41. The first-order chi connectivity index (χ1) is 19.1. The van der Waals surface area contributed by atoms with Gasteiger partial charge >= 0.3 is 30.1 Å². The van der Waals surface area contributed by atoms with E-state index in [0.717, 1.165) is 17.3 Å². The van der Waals surface area contributed by atoms with E-state index in [9.17, 15) is 35.9 Å². The molecule has 41 heavy (non-hydrogen) atoms. The van der Waals surface area contributed by atoms with E-state index in [0.29, 0.717) is 33.2 Å². The summed E-state index contributed by atoms with van der Waals surface area (Å²) in [5.41, 5.74) is 1.25. The van der Waals surface area contributed by atoms with Gasteiger partial charge in [0.1, 0.15) is 11.3 Å². The Morgan fingerprint density at radius 1 is 0.976 bits per heavy atom. The van der Waals surface area contributed by atoms with Crippen LogP contribution in [0.1, 0.15) is 18.4 Å². The van der Waals surface area contributed by atoms with Crippen molar-refractivity contribution >= 4 is 28.7 Å². The summed E-state index contributed by atoms with van der Waals surface area (Å²) in [6.45, 7) is 3.79. The largest absolute Gasteiger partial charge is 0.497 e. The lowest BCUT2D eigenvalue weighted by molar-refractivity contribution is -0.514. The van der Waals surface area contributed by atoms with E-state index in [-0.39, 0.29) is 5.58 Å². The number of fused-ring (bicyclic) bond motifs is 1. The van der Waals surface area contributed by atoms with Crippen molar-refractivity contribution in [1.82, 2.24) is 0 Å². The van der Waals surface area contributed by atoms with Crippen LogP contribution in [0.2, 0.25) is 0 Å². The number of benzene rings is 2. The smallest absolute Gasteiger partial charge is 0.494 e. The highest BCUT2D eigenvalue weighted by Crippen LogP contribution is 2.37. The minimum Gasteiger partial charge on any atom is -0.497 e. The first-order valence-electron chi connectivity index (χ1n) is 11.8. The molecule has 0 atom stereocenters. The van der Waals surface area contributed by atoms with Crippen molar-refractivity contribution in [2.75, 3.05) is 19.5 Å². The molecule has 222 valence electrons. The van der Waals surface area contributed by atoms with Gasteiger partial charge in [-0.2, -0.15) is 17.6 Å². The molecule has 2 aromatic carbocycles. The molecule has 0 unspecified atom stereocenters. The Morgan fingerprint density at radius 3 is 2.29 bits per heavy atom. The number of esters is 1. The Hall–Kier alpha value is -3.49. The summed E-state index contributed by atoms with van der Waals surface area (Å²) in [4.78, 5) is 23.8. The van der Waals surface area contributed by atoms with Crippen LogP contribution in [0.5, 0.6) is 5.75 Å². The number of rotatable bonds is 14. The third kappa shape index (κ3) is 9.26. The molecule has 1 heterocycles. The summed E-state index contributed by atoms with van der Waals surface area (Å²) >= 11 is 0.804. The molecule has 0 aliphatic rings. The molecule has 0 radical (unpaired) electrons. The number of thioether (sulfide) groups is 1. The summed E-state index contributed by atoms with van der Waals surface area (Å²) in [6, 6.07) is 11.4. The minimum absolute atomic E-state index is 0.166. The van der Waals surface area contributed by atoms with Gasteiger partial charge in [-0.1, -0.05) is 18.7 Å². The van der Waals surface area contributed by atoms with Gasteiger partial charge in [-0.05, 0) is 48.4 Å². The van der Waals surface area contributed by atoms with Gasteiger partial charge in [0.2, 0.25) is 0 Å². The van der Waals surface area contributed by atoms with Crippen LogP contribution >= 0.6 is 11.8 Å². The lowest BCUT2D eigenvalue weighted by atomic mass is 10.0. The second-order valence-electron chi connectivity index (χ2n) is 8.49. The van der Waals surface area contributed by atoms with Crippen molar-refractivity contribution in [2.45, 2.75) is 43.2 Å². The molecule has 14 heteroatoms. The second kappa shape index (κ2) is 13.0. The van der Waals surface area contributed by atoms with E-state index in [1.165, 1.54) is 13.2 Å². The van der Waals surface area contributed by atoms with Gasteiger partial charge < -0.3 is 13.9 Å². The highest BCUT2D eigenvalue weighted by Gasteiger charge is 2.51. The fourth-order valence-corrected chi connectivity index (χ4v) is 4.45. The molecule has 7 nitrogen and oxygen atoms in total. The van der Waals surface area contributed by atoms with Gasteiger partial charge in [-0.25, -0.2) is 19.1 Å². The zero-order valence-corrected chi connectivity index (χ0v) is 22.5. The number of carbonyl (C=O) groups excluding carboxylic acids is 1. The number of hydrogen-bond acceptors (Lipinski definition) is 8. The molecule has 0 spiro atoms. The Bertz CT molecular complexity index is 1460. The van der Waals surface area contributed by atoms with Crippen LogP contribution in [0.4, 0.5) is 26.3 Å². The third-order valence-corrected chi connectivity index (χ3v) is 6.43. The number of ether oxygens (including phenoxy) is 4. The minimum atomic E-state index is -5.35. The monoisotopic (exact) mass is 606 g/mol. The predicted octanol–water partition coefficient (Wildman–Crippen LogP) is 7.15. The van der Waals surface area contributed by atoms with E-state index in [1.54, 1.807) is 43.3 Å². The molecule has 1 aromatic heterocycles. The molecular weight excluding hydrogens is 582 g/mol. The van der Waals surface area contributed by atoms with Gasteiger partial charge in [0.25, 0.3) is 0 Å². The van der Waals surface area contributed by atoms with E-state index >= 15 is 0 Å². The predicted molar refractivity (Wildman–Crippen MR) is 137 cm³/mol. The SMILES string of the molecule is C=CC(=O)OCCC(F)(F)OC(F)(F)OC(F)(F)CCSc1ccc2cc(-c3ccc(OC)cc3C)c(=O)oc2c1. The summed E-state index contributed by atoms with van der Waals surface area (Å²) in [5.74, 6) is -0.947. The number of aryl methyl sites for hydroxylation is 1. The summed E-state index contributed by atoms with van der Waals surface area (Å²) in [7, 11) is 1.52. The zero-order chi connectivity index (χ0) is 30.4. The maximum Gasteiger partial charge on any atom is 0.494 e. The molecule has 0 amide bonds. The van der Waals surface area contributed by atoms with Crippen molar-refractivity contribution in [2.24, 2.45) is 0 Å². The number of methoxy groups -OCH3 is 1. The van der Waals surface area contributed by atoms with Crippen molar-refractivity contribution in [3.8, 4) is 16.9 Å². The molecule has 0 N–H and O–H groups in total. The Kier molecular flexibility index (Phi) is 10.2. The molecule has 3 rings (SSSR count). The van der Waals surface area contributed by atoms with Crippen LogP contribution in [-0.4, -0.2) is 44.0 Å². The van der Waals surface area contributed by atoms with Crippen molar-refractivity contribution in [3.63, 3.8) is 0 Å². The van der Waals surface area contributed by atoms with E-state index < -0.39 is 55.3 Å². The highest BCUT2D eigenvalue weighted by atomic mass is 32.2. The highest BCUT2D eigenvalue weighted by molar-refractivity contribution is 7.99. The first-order valence-corrected chi connectivity index (χ1v) is 12.8. The summed E-state index contributed by atoms with van der Waals surface area (Å²) in [6.07, 6.45) is -16.7. The topological polar surface area (TPSA) is 84.2 Å². The fourth-order valence-electron chi connectivity index (χ4n) is 3.52. The second-order valence-corrected chi connectivity index (χ2v) is 9.66. The maximum atomic E-state index is 14.0. The van der Waals surface area contributed by atoms with Gasteiger partial charge in [-0.15, -0.1) is 20.5 Å². The molecule has 0 saturated carbocycles. The van der Waals surface area contributed by atoms with Crippen molar-refractivity contribution in [1.29, 1.82) is 0 Å². The Morgan fingerprint density at radius 2 is 1.66 bits per heavy atom. The fraction of sp³-hybridized carbons (Fsp3) is 0.333.